The zero-order chi connectivity index (χ0) is 22.1. The molecule has 0 fully saturated rings. The molecule has 0 amide bonds. The predicted molar refractivity (Wildman–Crippen MR) is 123 cm³/mol. The second-order valence-electron chi connectivity index (χ2n) is 7.22. The van der Waals surface area contributed by atoms with Crippen LogP contribution in [-0.2, 0) is 12.3 Å². The van der Waals surface area contributed by atoms with Crippen LogP contribution in [0.5, 0.6) is 0 Å². The summed E-state index contributed by atoms with van der Waals surface area (Å²) in [5, 5.41) is 20.8. The molecule has 0 unspecified atom stereocenters. The van der Waals surface area contributed by atoms with Crippen molar-refractivity contribution in [3.05, 3.63) is 110 Å². The van der Waals surface area contributed by atoms with Gasteiger partial charge in [-0.05, 0) is 23.3 Å². The van der Waals surface area contributed by atoms with E-state index in [4.69, 9.17) is 0 Å². The maximum atomic E-state index is 13.2. The number of thioether (sulfide) groups is 1. The molecule has 0 aliphatic rings. The fourth-order valence-corrected chi connectivity index (χ4v) is 4.49. The molecule has 0 aliphatic heterocycles. The second-order valence-corrected chi connectivity index (χ2v) is 8.17. The summed E-state index contributed by atoms with van der Waals surface area (Å²) in [7, 11) is 0. The van der Waals surface area contributed by atoms with Gasteiger partial charge in [0.1, 0.15) is 0 Å². The van der Waals surface area contributed by atoms with Gasteiger partial charge in [-0.2, -0.15) is 0 Å². The number of fused-ring (bicyclic) bond motifs is 3. The van der Waals surface area contributed by atoms with Crippen LogP contribution in [-0.4, -0.2) is 24.1 Å². The summed E-state index contributed by atoms with van der Waals surface area (Å²) >= 11 is 1.46. The van der Waals surface area contributed by atoms with Gasteiger partial charge in [-0.15, -0.1) is 10.2 Å². The van der Waals surface area contributed by atoms with E-state index in [1.54, 1.807) is 16.7 Å². The normalized spacial score (nSPS) is 11.2. The van der Waals surface area contributed by atoms with Gasteiger partial charge >= 0.3 is 0 Å². The number of hydrogen-bond donors (Lipinski definition) is 0. The SMILES string of the molecule is O=c1c2ccccc2n2c(SCc3ccc([N+](=O)[O-])cc3)nnc2n1Cc1ccccc1. The average Bonchev–Trinajstić information content (AvgIpc) is 3.25. The Balaban J connectivity index is 1.57. The van der Waals surface area contributed by atoms with Crippen molar-refractivity contribution in [2.24, 2.45) is 0 Å². The summed E-state index contributed by atoms with van der Waals surface area (Å²) < 4.78 is 3.54. The maximum absolute atomic E-state index is 13.2. The van der Waals surface area contributed by atoms with Gasteiger partial charge in [-0.3, -0.25) is 23.9 Å². The first-order valence-electron chi connectivity index (χ1n) is 9.88. The highest BCUT2D eigenvalue weighted by Gasteiger charge is 2.17. The Morgan fingerprint density at radius 2 is 1.59 bits per heavy atom. The summed E-state index contributed by atoms with van der Waals surface area (Å²) in [6.07, 6.45) is 0. The molecule has 2 aromatic heterocycles. The van der Waals surface area contributed by atoms with Crippen molar-refractivity contribution in [1.29, 1.82) is 0 Å². The van der Waals surface area contributed by atoms with E-state index in [1.165, 1.54) is 23.9 Å². The number of nitro benzene ring substituents is 1. The van der Waals surface area contributed by atoms with E-state index in [0.29, 0.717) is 28.6 Å². The van der Waals surface area contributed by atoms with Gasteiger partial charge in [0, 0.05) is 17.9 Å². The van der Waals surface area contributed by atoms with Crippen molar-refractivity contribution < 1.29 is 4.92 Å². The van der Waals surface area contributed by atoms with Crippen LogP contribution >= 0.6 is 11.8 Å². The highest BCUT2D eigenvalue weighted by Crippen LogP contribution is 2.25. The monoisotopic (exact) mass is 443 g/mol. The van der Waals surface area contributed by atoms with E-state index in [9.17, 15) is 14.9 Å². The van der Waals surface area contributed by atoms with E-state index >= 15 is 0 Å². The van der Waals surface area contributed by atoms with E-state index < -0.39 is 4.92 Å². The van der Waals surface area contributed by atoms with Crippen LogP contribution in [0.25, 0.3) is 16.7 Å². The lowest BCUT2D eigenvalue weighted by atomic mass is 10.2. The number of benzene rings is 3. The Morgan fingerprint density at radius 3 is 2.34 bits per heavy atom. The Labute approximate surface area is 186 Å². The molecule has 5 rings (SSSR count). The second kappa shape index (κ2) is 8.27. The van der Waals surface area contributed by atoms with Gasteiger partial charge in [-0.1, -0.05) is 66.4 Å². The predicted octanol–water partition coefficient (Wildman–Crippen LogP) is 4.29. The summed E-state index contributed by atoms with van der Waals surface area (Å²) in [5.74, 6) is 1.04. The van der Waals surface area contributed by atoms with Crippen molar-refractivity contribution >= 4 is 34.1 Å². The van der Waals surface area contributed by atoms with Gasteiger partial charge in [0.15, 0.2) is 5.16 Å². The van der Waals surface area contributed by atoms with Crippen molar-refractivity contribution in [1.82, 2.24) is 19.2 Å². The van der Waals surface area contributed by atoms with Crippen LogP contribution in [0.2, 0.25) is 0 Å². The molecule has 5 aromatic rings. The molecule has 2 heterocycles. The molecule has 158 valence electrons. The smallest absolute Gasteiger partial charge is 0.269 e. The number of non-ortho nitro benzene ring substituents is 1. The molecule has 0 aliphatic carbocycles. The number of para-hydroxylation sites is 1. The molecule has 3 aromatic carbocycles. The molecular weight excluding hydrogens is 426 g/mol. The third-order valence-corrected chi connectivity index (χ3v) is 6.18. The van der Waals surface area contributed by atoms with Gasteiger partial charge < -0.3 is 0 Å². The first-order chi connectivity index (χ1) is 15.6. The van der Waals surface area contributed by atoms with Crippen LogP contribution in [0.15, 0.2) is 88.8 Å². The Bertz CT molecular complexity index is 1490. The summed E-state index contributed by atoms with van der Waals surface area (Å²) in [6, 6.07) is 23.6. The van der Waals surface area contributed by atoms with Crippen molar-refractivity contribution in [2.45, 2.75) is 17.5 Å². The lowest BCUT2D eigenvalue weighted by Gasteiger charge is -2.11. The molecule has 32 heavy (non-hydrogen) atoms. The van der Waals surface area contributed by atoms with Crippen LogP contribution in [0.3, 0.4) is 0 Å². The first kappa shape index (κ1) is 20.0. The lowest BCUT2D eigenvalue weighted by Crippen LogP contribution is -2.24. The van der Waals surface area contributed by atoms with Crippen molar-refractivity contribution in [2.75, 3.05) is 0 Å². The molecule has 0 atom stereocenters. The molecule has 0 radical (unpaired) electrons. The molecule has 8 nitrogen and oxygen atoms in total. The van der Waals surface area contributed by atoms with E-state index in [0.717, 1.165) is 16.6 Å². The van der Waals surface area contributed by atoms with Gasteiger partial charge in [0.25, 0.3) is 11.2 Å². The minimum absolute atomic E-state index is 0.0580. The highest BCUT2D eigenvalue weighted by molar-refractivity contribution is 7.98. The van der Waals surface area contributed by atoms with E-state index in [-0.39, 0.29) is 11.2 Å². The lowest BCUT2D eigenvalue weighted by molar-refractivity contribution is -0.384. The van der Waals surface area contributed by atoms with E-state index in [1.807, 2.05) is 59.0 Å². The molecule has 0 bridgehead atoms. The molecular formula is C23H17N5O3S. The van der Waals surface area contributed by atoms with Crippen LogP contribution in [0.1, 0.15) is 11.1 Å². The van der Waals surface area contributed by atoms with Gasteiger partial charge in [0.2, 0.25) is 5.78 Å². The third kappa shape index (κ3) is 3.63. The molecule has 0 N–H and O–H groups in total. The molecule has 0 saturated heterocycles. The minimum atomic E-state index is -0.416. The number of nitro groups is 1. The number of aromatic nitrogens is 4. The molecule has 0 saturated carbocycles. The van der Waals surface area contributed by atoms with Crippen LogP contribution < -0.4 is 5.56 Å². The van der Waals surface area contributed by atoms with E-state index in [2.05, 4.69) is 10.2 Å². The summed E-state index contributed by atoms with van der Waals surface area (Å²) in [4.78, 5) is 23.7. The number of hydrogen-bond acceptors (Lipinski definition) is 6. The van der Waals surface area contributed by atoms with Gasteiger partial charge in [-0.25, -0.2) is 0 Å². The molecule has 0 spiro atoms. The zero-order valence-corrected chi connectivity index (χ0v) is 17.6. The minimum Gasteiger partial charge on any atom is -0.272 e. The zero-order valence-electron chi connectivity index (χ0n) is 16.8. The Hall–Kier alpha value is -3.98. The average molecular weight is 443 g/mol. The molecule has 9 heteroatoms. The fourth-order valence-electron chi connectivity index (χ4n) is 3.60. The maximum Gasteiger partial charge on any atom is 0.269 e. The standard InChI is InChI=1S/C23H17N5O3S/c29-21-19-8-4-5-9-20(19)27-22(26(21)14-16-6-2-1-3-7-16)24-25-23(27)32-15-17-10-12-18(13-11-17)28(30)31/h1-13H,14-15H2. The third-order valence-electron chi connectivity index (χ3n) is 5.18. The Kier molecular flexibility index (Phi) is 5.16. The highest BCUT2D eigenvalue weighted by atomic mass is 32.2. The Morgan fingerprint density at radius 1 is 0.875 bits per heavy atom. The van der Waals surface area contributed by atoms with Crippen LogP contribution in [0.4, 0.5) is 5.69 Å². The number of rotatable bonds is 6. The topological polar surface area (TPSA) is 95.3 Å². The first-order valence-corrected chi connectivity index (χ1v) is 10.9. The van der Waals surface area contributed by atoms with Crippen molar-refractivity contribution in [3.63, 3.8) is 0 Å². The van der Waals surface area contributed by atoms with Crippen LogP contribution in [0, 0.1) is 10.1 Å². The summed E-state index contributed by atoms with van der Waals surface area (Å²) in [5.41, 5.74) is 2.61. The summed E-state index contributed by atoms with van der Waals surface area (Å²) in [6.45, 7) is 0.388. The van der Waals surface area contributed by atoms with Gasteiger partial charge in [0.05, 0.1) is 22.4 Å². The fraction of sp³-hybridized carbons (Fsp3) is 0.0870. The quantitative estimate of drug-likeness (QED) is 0.221. The number of nitrogens with zero attached hydrogens (tertiary/aromatic N) is 5. The van der Waals surface area contributed by atoms with Crippen molar-refractivity contribution in [3.8, 4) is 0 Å². The largest absolute Gasteiger partial charge is 0.272 e.